The van der Waals surface area contributed by atoms with Gasteiger partial charge >= 0.3 is 0 Å². The number of rotatable bonds is 9. The van der Waals surface area contributed by atoms with Crippen LogP contribution in [0.4, 0.5) is 0 Å². The van der Waals surface area contributed by atoms with Gasteiger partial charge in [-0.2, -0.15) is 0 Å². The third kappa shape index (κ3) is 6.48. The molecule has 176 valence electrons. The molecule has 2 N–H and O–H groups in total. The molecule has 0 aliphatic heterocycles. The topological polar surface area (TPSA) is 65.5 Å². The van der Waals surface area contributed by atoms with E-state index in [9.17, 15) is 4.79 Å². The van der Waals surface area contributed by atoms with Gasteiger partial charge in [0.1, 0.15) is 0 Å². The van der Waals surface area contributed by atoms with Crippen LogP contribution in [0.5, 0.6) is 0 Å². The molecule has 4 aliphatic carbocycles. The van der Waals surface area contributed by atoms with E-state index in [-0.39, 0.29) is 37.3 Å². The summed E-state index contributed by atoms with van der Waals surface area (Å²) in [6.45, 7) is 2.52. The number of hydrogen-bond donors (Lipinski definition) is 2. The van der Waals surface area contributed by atoms with Gasteiger partial charge in [0.15, 0.2) is 0 Å². The Hall–Kier alpha value is -0.590. The quantitative estimate of drug-likeness (QED) is 0.537. The Labute approximate surface area is 203 Å². The zero-order valence-corrected chi connectivity index (χ0v) is 20.7. The summed E-state index contributed by atoms with van der Waals surface area (Å²) in [6, 6.07) is 1.85. The molecule has 31 heavy (non-hydrogen) atoms. The molecule has 1 amide bonds. The molecule has 4 saturated carbocycles. The molecule has 1 aromatic rings. The van der Waals surface area contributed by atoms with E-state index in [1.807, 2.05) is 13.1 Å². The minimum atomic E-state index is -0.0632. The Morgan fingerprint density at radius 3 is 2.39 bits per heavy atom. The van der Waals surface area contributed by atoms with Crippen LogP contribution in [0.1, 0.15) is 61.0 Å². The average Bonchev–Trinajstić information content (AvgIpc) is 2.67. The van der Waals surface area contributed by atoms with Crippen LogP contribution in [0.3, 0.4) is 0 Å². The summed E-state index contributed by atoms with van der Waals surface area (Å²) in [6.07, 6.45) is 11.4. The van der Waals surface area contributed by atoms with Gasteiger partial charge in [0.25, 0.3) is 5.91 Å². The lowest BCUT2D eigenvalue weighted by Crippen LogP contribution is -2.51. The lowest BCUT2D eigenvalue weighted by molar-refractivity contribution is -0.0503. The molecule has 0 atom stereocenters. The van der Waals surface area contributed by atoms with Crippen molar-refractivity contribution in [1.82, 2.24) is 15.2 Å². The summed E-state index contributed by atoms with van der Waals surface area (Å²) in [4.78, 5) is 19.4. The van der Waals surface area contributed by atoms with Crippen molar-refractivity contribution in [2.24, 2.45) is 23.2 Å². The molecule has 8 heteroatoms. The van der Waals surface area contributed by atoms with Crippen molar-refractivity contribution < 1.29 is 9.90 Å². The smallest absolute Gasteiger partial charge is 0.252 e. The van der Waals surface area contributed by atoms with Gasteiger partial charge in [-0.25, -0.2) is 0 Å². The van der Waals surface area contributed by atoms with Crippen LogP contribution in [-0.2, 0) is 6.42 Å². The van der Waals surface area contributed by atoms with E-state index in [1.54, 1.807) is 6.20 Å². The second-order valence-corrected chi connectivity index (χ2v) is 10.3. The highest BCUT2D eigenvalue weighted by atomic mass is 35.5. The zero-order valence-electron chi connectivity index (χ0n) is 18.3. The fourth-order valence-corrected chi connectivity index (χ4v) is 6.66. The third-order valence-electron chi connectivity index (χ3n) is 7.40. The standard InChI is InChI=1S/C23H34ClN3O2.2ClH/c1-27(5-6-28)4-2-3-19-10-20(21(24)14-25-19)22(29)26-15-23-11-16-7-17(12-23)9-18(8-16)13-23;;/h10,14,16-18,28H,2-9,11-13,15H2,1H3,(H,26,29);2*1H. The van der Waals surface area contributed by atoms with Gasteiger partial charge in [0.05, 0.1) is 17.2 Å². The van der Waals surface area contributed by atoms with E-state index >= 15 is 0 Å². The van der Waals surface area contributed by atoms with Crippen LogP contribution in [0, 0.1) is 23.2 Å². The van der Waals surface area contributed by atoms with Gasteiger partial charge in [0, 0.05) is 25.0 Å². The number of aromatic nitrogens is 1. The van der Waals surface area contributed by atoms with Gasteiger partial charge in [-0.05, 0) is 94.2 Å². The lowest BCUT2D eigenvalue weighted by Gasteiger charge is -2.56. The predicted octanol–water partition coefficient (Wildman–Crippen LogP) is 4.38. The van der Waals surface area contributed by atoms with Gasteiger partial charge in [-0.15, -0.1) is 24.8 Å². The number of nitrogens with one attached hydrogen (secondary N) is 1. The van der Waals surface area contributed by atoms with E-state index in [4.69, 9.17) is 16.7 Å². The van der Waals surface area contributed by atoms with Crippen molar-refractivity contribution in [3.8, 4) is 0 Å². The van der Waals surface area contributed by atoms with Crippen molar-refractivity contribution in [2.75, 3.05) is 33.3 Å². The van der Waals surface area contributed by atoms with E-state index in [1.165, 1.54) is 38.5 Å². The summed E-state index contributed by atoms with van der Waals surface area (Å²) in [5, 5.41) is 12.6. The fraction of sp³-hybridized carbons (Fsp3) is 0.739. The van der Waals surface area contributed by atoms with Crippen LogP contribution in [-0.4, -0.2) is 54.2 Å². The maximum atomic E-state index is 12.9. The number of amides is 1. The first kappa shape index (κ1) is 26.7. The molecule has 5 nitrogen and oxygen atoms in total. The Morgan fingerprint density at radius 2 is 1.81 bits per heavy atom. The molecular weight excluding hydrogens is 457 g/mol. The molecule has 1 heterocycles. The molecule has 5 rings (SSSR count). The van der Waals surface area contributed by atoms with E-state index in [0.717, 1.165) is 49.4 Å². The number of pyridine rings is 1. The summed E-state index contributed by atoms with van der Waals surface area (Å²) in [7, 11) is 1.99. The minimum Gasteiger partial charge on any atom is -0.395 e. The maximum absolute atomic E-state index is 12.9. The van der Waals surface area contributed by atoms with E-state index in [0.29, 0.717) is 22.5 Å². The van der Waals surface area contributed by atoms with Gasteiger partial charge in [0.2, 0.25) is 0 Å². The third-order valence-corrected chi connectivity index (χ3v) is 7.70. The molecule has 4 fully saturated rings. The Kier molecular flexibility index (Phi) is 9.90. The maximum Gasteiger partial charge on any atom is 0.252 e. The first-order chi connectivity index (χ1) is 14.0. The monoisotopic (exact) mass is 491 g/mol. The summed E-state index contributed by atoms with van der Waals surface area (Å²) in [5.74, 6) is 2.60. The second-order valence-electron chi connectivity index (χ2n) is 9.89. The number of carbonyl (C=O) groups excluding carboxylic acids is 1. The first-order valence-corrected chi connectivity index (χ1v) is 11.6. The Morgan fingerprint density at radius 1 is 1.19 bits per heavy atom. The Bertz CT molecular complexity index is 711. The number of aliphatic hydroxyl groups is 1. The lowest BCUT2D eigenvalue weighted by atomic mass is 9.49. The van der Waals surface area contributed by atoms with Crippen molar-refractivity contribution in [1.29, 1.82) is 0 Å². The number of likely N-dealkylation sites (N-methyl/N-ethyl adjacent to an activating group) is 1. The molecule has 0 aromatic carbocycles. The van der Waals surface area contributed by atoms with Gasteiger partial charge < -0.3 is 15.3 Å². The second kappa shape index (κ2) is 11.5. The fourth-order valence-electron chi connectivity index (χ4n) is 6.47. The summed E-state index contributed by atoms with van der Waals surface area (Å²) >= 11 is 6.31. The van der Waals surface area contributed by atoms with Crippen molar-refractivity contribution >= 4 is 42.3 Å². The van der Waals surface area contributed by atoms with Crippen LogP contribution in [0.15, 0.2) is 12.3 Å². The largest absolute Gasteiger partial charge is 0.395 e. The molecule has 0 spiro atoms. The molecule has 0 saturated heterocycles. The molecule has 1 aromatic heterocycles. The van der Waals surface area contributed by atoms with Crippen LogP contribution in [0.2, 0.25) is 5.02 Å². The van der Waals surface area contributed by atoms with Gasteiger partial charge in [-0.1, -0.05) is 11.6 Å². The number of hydrogen-bond acceptors (Lipinski definition) is 4. The van der Waals surface area contributed by atoms with Crippen molar-refractivity contribution in [3.05, 3.63) is 28.5 Å². The molecular formula is C23H36Cl3N3O2. The van der Waals surface area contributed by atoms with Crippen LogP contribution >= 0.6 is 36.4 Å². The van der Waals surface area contributed by atoms with Gasteiger partial charge in [-0.3, -0.25) is 9.78 Å². The molecule has 4 bridgehead atoms. The van der Waals surface area contributed by atoms with Crippen LogP contribution < -0.4 is 5.32 Å². The van der Waals surface area contributed by atoms with Crippen LogP contribution in [0.25, 0.3) is 0 Å². The normalized spacial score (nSPS) is 28.2. The highest BCUT2D eigenvalue weighted by molar-refractivity contribution is 6.33. The average molecular weight is 493 g/mol. The first-order valence-electron chi connectivity index (χ1n) is 11.2. The van der Waals surface area contributed by atoms with Crippen molar-refractivity contribution in [3.63, 3.8) is 0 Å². The number of nitrogens with zero attached hydrogens (tertiary/aromatic N) is 2. The summed E-state index contributed by atoms with van der Waals surface area (Å²) < 4.78 is 0. The number of carbonyl (C=O) groups is 1. The number of aryl methyl sites for hydroxylation is 1. The molecule has 4 aliphatic rings. The van der Waals surface area contributed by atoms with E-state index < -0.39 is 0 Å². The Balaban J connectivity index is 0.00000171. The van der Waals surface area contributed by atoms with Crippen molar-refractivity contribution in [2.45, 2.75) is 51.4 Å². The molecule has 0 unspecified atom stereocenters. The number of aliphatic hydroxyl groups excluding tert-OH is 1. The predicted molar refractivity (Wildman–Crippen MR) is 130 cm³/mol. The minimum absolute atomic E-state index is 0. The number of halogens is 3. The molecule has 0 radical (unpaired) electrons. The summed E-state index contributed by atoms with van der Waals surface area (Å²) in [5.41, 5.74) is 1.76. The SMILES string of the molecule is CN(CCO)CCCc1cc(C(=O)NCC23CC4CC(CC(C4)C2)C3)c(Cl)cn1.Cl.Cl. The zero-order chi connectivity index (χ0) is 20.4. The highest BCUT2D eigenvalue weighted by Gasteiger charge is 2.50. The highest BCUT2D eigenvalue weighted by Crippen LogP contribution is 2.59. The van der Waals surface area contributed by atoms with E-state index in [2.05, 4.69) is 15.2 Å².